The number of carbonyl (C=O) groups excluding carboxylic acids is 1. The SMILES string of the molecule is Cc1ccc(COc2ccc(/C=N/NC(=O)c3cccc(Cl)c3)cc2)cc1. The molecule has 0 saturated heterocycles. The first-order valence-corrected chi connectivity index (χ1v) is 8.85. The van der Waals surface area contributed by atoms with Gasteiger partial charge < -0.3 is 4.74 Å². The van der Waals surface area contributed by atoms with Gasteiger partial charge in [0.2, 0.25) is 0 Å². The lowest BCUT2D eigenvalue weighted by molar-refractivity contribution is 0.0955. The number of benzene rings is 3. The Balaban J connectivity index is 1.51. The van der Waals surface area contributed by atoms with Crippen LogP contribution in [0, 0.1) is 6.92 Å². The van der Waals surface area contributed by atoms with Crippen LogP contribution in [0.3, 0.4) is 0 Å². The van der Waals surface area contributed by atoms with Gasteiger partial charge in [-0.25, -0.2) is 5.43 Å². The van der Waals surface area contributed by atoms with Crippen LogP contribution in [0.4, 0.5) is 0 Å². The van der Waals surface area contributed by atoms with Crippen molar-refractivity contribution in [1.82, 2.24) is 5.43 Å². The van der Waals surface area contributed by atoms with Gasteiger partial charge in [-0.3, -0.25) is 4.79 Å². The van der Waals surface area contributed by atoms with E-state index in [1.54, 1.807) is 30.5 Å². The first-order chi connectivity index (χ1) is 13.1. The van der Waals surface area contributed by atoms with E-state index in [0.717, 1.165) is 16.9 Å². The van der Waals surface area contributed by atoms with Gasteiger partial charge in [-0.2, -0.15) is 5.10 Å². The predicted octanol–water partition coefficient (Wildman–Crippen LogP) is 4.99. The topological polar surface area (TPSA) is 50.7 Å². The lowest BCUT2D eigenvalue weighted by atomic mass is 10.2. The molecule has 0 bridgehead atoms. The molecule has 1 N–H and O–H groups in total. The zero-order valence-electron chi connectivity index (χ0n) is 14.9. The highest BCUT2D eigenvalue weighted by Crippen LogP contribution is 2.14. The van der Waals surface area contributed by atoms with Crippen molar-refractivity contribution in [2.45, 2.75) is 13.5 Å². The predicted molar refractivity (Wildman–Crippen MR) is 108 cm³/mol. The molecule has 0 heterocycles. The van der Waals surface area contributed by atoms with E-state index in [2.05, 4.69) is 41.7 Å². The van der Waals surface area contributed by atoms with Crippen molar-refractivity contribution in [2.24, 2.45) is 5.10 Å². The molecule has 5 heteroatoms. The van der Waals surface area contributed by atoms with Crippen molar-refractivity contribution >= 4 is 23.7 Å². The summed E-state index contributed by atoms with van der Waals surface area (Å²) in [5, 5.41) is 4.48. The molecule has 1 amide bonds. The van der Waals surface area contributed by atoms with Gasteiger partial charge in [0, 0.05) is 10.6 Å². The van der Waals surface area contributed by atoms with Crippen molar-refractivity contribution < 1.29 is 9.53 Å². The fourth-order valence-corrected chi connectivity index (χ4v) is 2.55. The quantitative estimate of drug-likeness (QED) is 0.485. The molecule has 0 aromatic heterocycles. The van der Waals surface area contributed by atoms with Crippen molar-refractivity contribution in [2.75, 3.05) is 0 Å². The van der Waals surface area contributed by atoms with Crippen molar-refractivity contribution in [3.05, 3.63) is 100 Å². The minimum absolute atomic E-state index is 0.313. The molecule has 0 radical (unpaired) electrons. The fourth-order valence-electron chi connectivity index (χ4n) is 2.36. The van der Waals surface area contributed by atoms with E-state index in [0.29, 0.717) is 17.2 Å². The van der Waals surface area contributed by atoms with Gasteiger partial charge in [-0.15, -0.1) is 0 Å². The Kier molecular flexibility index (Phi) is 6.23. The van der Waals surface area contributed by atoms with Crippen LogP contribution in [-0.2, 0) is 6.61 Å². The number of ether oxygens (including phenoxy) is 1. The molecule has 0 aliphatic rings. The zero-order valence-corrected chi connectivity index (χ0v) is 15.6. The molecule has 0 spiro atoms. The number of rotatable bonds is 6. The lowest BCUT2D eigenvalue weighted by Gasteiger charge is -2.07. The summed E-state index contributed by atoms with van der Waals surface area (Å²) in [4.78, 5) is 12.0. The highest BCUT2D eigenvalue weighted by atomic mass is 35.5. The summed E-state index contributed by atoms with van der Waals surface area (Å²) in [6.07, 6.45) is 1.58. The summed E-state index contributed by atoms with van der Waals surface area (Å²) in [7, 11) is 0. The number of aryl methyl sites for hydroxylation is 1. The fraction of sp³-hybridized carbons (Fsp3) is 0.0909. The molecule has 0 atom stereocenters. The van der Waals surface area contributed by atoms with Crippen molar-refractivity contribution in [1.29, 1.82) is 0 Å². The van der Waals surface area contributed by atoms with Crippen molar-refractivity contribution in [3.8, 4) is 5.75 Å². The average Bonchev–Trinajstić information content (AvgIpc) is 2.68. The molecule has 3 aromatic rings. The monoisotopic (exact) mass is 378 g/mol. The Morgan fingerprint density at radius 3 is 2.52 bits per heavy atom. The van der Waals surface area contributed by atoms with Crippen LogP contribution in [0.15, 0.2) is 77.9 Å². The number of hydrogen-bond donors (Lipinski definition) is 1. The normalized spacial score (nSPS) is 10.7. The number of carbonyl (C=O) groups is 1. The van der Waals surface area contributed by atoms with E-state index < -0.39 is 0 Å². The Labute approximate surface area is 163 Å². The number of amides is 1. The second-order valence-electron chi connectivity index (χ2n) is 6.05. The largest absolute Gasteiger partial charge is 0.489 e. The van der Waals surface area contributed by atoms with Crippen LogP contribution >= 0.6 is 11.6 Å². The molecular weight excluding hydrogens is 360 g/mol. The molecule has 3 rings (SSSR count). The van der Waals surface area contributed by atoms with Crippen LogP contribution in [0.1, 0.15) is 27.0 Å². The summed E-state index contributed by atoms with van der Waals surface area (Å²) >= 11 is 5.88. The first kappa shape index (κ1) is 18.7. The summed E-state index contributed by atoms with van der Waals surface area (Å²) in [5.74, 6) is 0.461. The van der Waals surface area contributed by atoms with E-state index in [-0.39, 0.29) is 5.91 Å². The van der Waals surface area contributed by atoms with Crippen LogP contribution in [0.2, 0.25) is 5.02 Å². The Bertz CT molecular complexity index is 935. The molecule has 27 heavy (non-hydrogen) atoms. The maximum Gasteiger partial charge on any atom is 0.271 e. The molecule has 4 nitrogen and oxygen atoms in total. The lowest BCUT2D eigenvalue weighted by Crippen LogP contribution is -2.17. The van der Waals surface area contributed by atoms with Gasteiger partial charge in [0.25, 0.3) is 5.91 Å². The van der Waals surface area contributed by atoms with E-state index in [1.807, 2.05) is 24.3 Å². The zero-order chi connectivity index (χ0) is 19.1. The number of nitrogens with zero attached hydrogens (tertiary/aromatic N) is 1. The third kappa shape index (κ3) is 5.69. The molecular formula is C22H19ClN2O2. The van der Waals surface area contributed by atoms with Gasteiger partial charge in [0.05, 0.1) is 6.21 Å². The number of nitrogens with one attached hydrogen (secondary N) is 1. The maximum atomic E-state index is 12.0. The first-order valence-electron chi connectivity index (χ1n) is 8.47. The average molecular weight is 379 g/mol. The van der Waals surface area contributed by atoms with E-state index in [4.69, 9.17) is 16.3 Å². The second-order valence-corrected chi connectivity index (χ2v) is 6.49. The number of hydrazone groups is 1. The molecule has 0 aliphatic heterocycles. The van der Waals surface area contributed by atoms with Gasteiger partial charge in [0.1, 0.15) is 12.4 Å². The van der Waals surface area contributed by atoms with Gasteiger partial charge in [-0.1, -0.05) is 47.5 Å². The molecule has 3 aromatic carbocycles. The standard InChI is InChI=1S/C22H19ClN2O2/c1-16-5-7-18(8-6-16)15-27-21-11-9-17(10-12-21)14-24-25-22(26)19-3-2-4-20(23)13-19/h2-14H,15H2,1H3,(H,25,26)/b24-14+. The minimum Gasteiger partial charge on any atom is -0.489 e. The Morgan fingerprint density at radius 1 is 1.07 bits per heavy atom. The van der Waals surface area contributed by atoms with Gasteiger partial charge in [-0.05, 0) is 60.5 Å². The minimum atomic E-state index is -0.313. The highest BCUT2D eigenvalue weighted by Gasteiger charge is 2.04. The van der Waals surface area contributed by atoms with Crippen LogP contribution in [0.5, 0.6) is 5.75 Å². The van der Waals surface area contributed by atoms with Gasteiger partial charge in [0.15, 0.2) is 0 Å². The van der Waals surface area contributed by atoms with Crippen molar-refractivity contribution in [3.63, 3.8) is 0 Å². The maximum absolute atomic E-state index is 12.0. The van der Waals surface area contributed by atoms with E-state index in [1.165, 1.54) is 5.56 Å². The van der Waals surface area contributed by atoms with E-state index in [9.17, 15) is 4.79 Å². The molecule has 136 valence electrons. The number of halogens is 1. The molecule has 0 saturated carbocycles. The second kappa shape index (κ2) is 9.01. The summed E-state index contributed by atoms with van der Waals surface area (Å²) in [5.41, 5.74) is 6.14. The van der Waals surface area contributed by atoms with Crippen LogP contribution < -0.4 is 10.2 Å². The van der Waals surface area contributed by atoms with Crippen LogP contribution in [-0.4, -0.2) is 12.1 Å². The smallest absolute Gasteiger partial charge is 0.271 e. The Morgan fingerprint density at radius 2 is 1.81 bits per heavy atom. The molecule has 0 unspecified atom stereocenters. The van der Waals surface area contributed by atoms with Gasteiger partial charge >= 0.3 is 0 Å². The molecule has 0 fully saturated rings. The van der Waals surface area contributed by atoms with E-state index >= 15 is 0 Å². The number of hydrogen-bond acceptors (Lipinski definition) is 3. The summed E-state index contributed by atoms with van der Waals surface area (Å²) in [6.45, 7) is 2.58. The third-order valence-electron chi connectivity index (χ3n) is 3.87. The third-order valence-corrected chi connectivity index (χ3v) is 4.11. The molecule has 0 aliphatic carbocycles. The highest BCUT2D eigenvalue weighted by molar-refractivity contribution is 6.30. The summed E-state index contributed by atoms with van der Waals surface area (Å²) < 4.78 is 5.77. The van der Waals surface area contributed by atoms with Crippen LogP contribution in [0.25, 0.3) is 0 Å². The Hall–Kier alpha value is -3.11. The summed E-state index contributed by atoms with van der Waals surface area (Å²) in [6, 6.07) is 22.4.